The van der Waals surface area contributed by atoms with Gasteiger partial charge in [0.1, 0.15) is 5.82 Å². The Labute approximate surface area is 98.4 Å². The third-order valence-electron chi connectivity index (χ3n) is 2.47. The molecule has 1 aliphatic heterocycles. The van der Waals surface area contributed by atoms with Gasteiger partial charge in [0.2, 0.25) is 0 Å². The smallest absolute Gasteiger partial charge is 0.253 e. The summed E-state index contributed by atoms with van der Waals surface area (Å²) < 4.78 is 18.1. The molecule has 6 heteroatoms. The molecule has 1 amide bonds. The van der Waals surface area contributed by atoms with Gasteiger partial charge in [-0.1, -0.05) is 0 Å². The van der Waals surface area contributed by atoms with Gasteiger partial charge >= 0.3 is 0 Å². The lowest BCUT2D eigenvalue weighted by atomic mass is 10.2. The maximum Gasteiger partial charge on any atom is 0.253 e. The first-order chi connectivity index (χ1) is 8.25. The molecule has 1 atom stereocenters. The number of carbonyl (C=O) groups excluding carboxylic acids is 1. The van der Waals surface area contributed by atoms with Crippen LogP contribution in [0, 0.1) is 5.82 Å². The molecule has 0 bridgehead atoms. The van der Waals surface area contributed by atoms with E-state index in [1.165, 1.54) is 6.20 Å². The molecule has 1 saturated heterocycles. The summed E-state index contributed by atoms with van der Waals surface area (Å²) >= 11 is 0. The summed E-state index contributed by atoms with van der Waals surface area (Å²) in [4.78, 5) is 15.3. The van der Waals surface area contributed by atoms with E-state index in [1.54, 1.807) is 0 Å². The average Bonchev–Trinajstić information content (AvgIpc) is 2.37. The van der Waals surface area contributed by atoms with Crippen molar-refractivity contribution in [2.45, 2.75) is 6.04 Å². The summed E-state index contributed by atoms with van der Waals surface area (Å²) in [6.45, 7) is 2.50. The van der Waals surface area contributed by atoms with Crippen LogP contribution in [0.5, 0.6) is 0 Å². The van der Waals surface area contributed by atoms with E-state index in [9.17, 15) is 9.18 Å². The number of rotatable bonds is 3. The van der Waals surface area contributed by atoms with Crippen LogP contribution in [0.25, 0.3) is 0 Å². The molecular weight excluding hydrogens is 225 g/mol. The van der Waals surface area contributed by atoms with E-state index in [1.807, 2.05) is 0 Å². The van der Waals surface area contributed by atoms with Crippen molar-refractivity contribution in [2.75, 3.05) is 26.3 Å². The Hall–Kier alpha value is -1.53. The van der Waals surface area contributed by atoms with Gasteiger partial charge in [0.05, 0.1) is 25.0 Å². The molecule has 1 aromatic heterocycles. The summed E-state index contributed by atoms with van der Waals surface area (Å²) in [5, 5.41) is 5.92. The summed E-state index contributed by atoms with van der Waals surface area (Å²) in [6, 6.07) is 1.27. The zero-order valence-corrected chi connectivity index (χ0v) is 9.28. The number of morpholine rings is 1. The second kappa shape index (κ2) is 5.70. The normalized spacial score (nSPS) is 19.9. The van der Waals surface area contributed by atoms with Crippen LogP contribution in [-0.2, 0) is 4.74 Å². The number of hydrogen-bond acceptors (Lipinski definition) is 4. The van der Waals surface area contributed by atoms with Crippen molar-refractivity contribution in [2.24, 2.45) is 0 Å². The van der Waals surface area contributed by atoms with Crippen molar-refractivity contribution in [3.63, 3.8) is 0 Å². The Bertz CT molecular complexity index is 394. The predicted molar refractivity (Wildman–Crippen MR) is 59.1 cm³/mol. The molecule has 0 aromatic carbocycles. The molecule has 0 aliphatic carbocycles. The van der Waals surface area contributed by atoms with E-state index >= 15 is 0 Å². The van der Waals surface area contributed by atoms with Crippen molar-refractivity contribution in [3.8, 4) is 0 Å². The van der Waals surface area contributed by atoms with Crippen molar-refractivity contribution in [1.29, 1.82) is 0 Å². The largest absolute Gasteiger partial charge is 0.378 e. The third-order valence-corrected chi connectivity index (χ3v) is 2.47. The van der Waals surface area contributed by atoms with Crippen LogP contribution in [0.4, 0.5) is 4.39 Å². The topological polar surface area (TPSA) is 63.2 Å². The highest BCUT2D eigenvalue weighted by Gasteiger charge is 2.14. The third kappa shape index (κ3) is 3.47. The molecule has 1 fully saturated rings. The lowest BCUT2D eigenvalue weighted by Gasteiger charge is -2.23. The Morgan fingerprint density at radius 3 is 3.24 bits per heavy atom. The quantitative estimate of drug-likeness (QED) is 0.775. The molecule has 2 rings (SSSR count). The lowest BCUT2D eigenvalue weighted by molar-refractivity contribution is 0.0734. The number of hydrogen-bond donors (Lipinski definition) is 2. The Kier molecular flexibility index (Phi) is 4.00. The highest BCUT2D eigenvalue weighted by molar-refractivity contribution is 5.93. The molecule has 5 nitrogen and oxygen atoms in total. The van der Waals surface area contributed by atoms with Crippen LogP contribution in [-0.4, -0.2) is 43.2 Å². The second-order valence-electron chi connectivity index (χ2n) is 3.83. The minimum absolute atomic E-state index is 0.106. The van der Waals surface area contributed by atoms with Gasteiger partial charge in [-0.2, -0.15) is 0 Å². The van der Waals surface area contributed by atoms with Crippen LogP contribution < -0.4 is 10.6 Å². The van der Waals surface area contributed by atoms with Crippen molar-refractivity contribution in [3.05, 3.63) is 29.8 Å². The molecule has 1 unspecified atom stereocenters. The summed E-state index contributed by atoms with van der Waals surface area (Å²) in [7, 11) is 0. The zero-order valence-electron chi connectivity index (χ0n) is 9.28. The number of halogens is 1. The predicted octanol–water partition coefficient (Wildman–Crippen LogP) is -0.0611. The van der Waals surface area contributed by atoms with Crippen LogP contribution >= 0.6 is 0 Å². The number of carbonyl (C=O) groups is 1. The summed E-state index contributed by atoms with van der Waals surface area (Å²) in [5.41, 5.74) is 0.224. The molecule has 0 saturated carbocycles. The Morgan fingerprint density at radius 2 is 2.53 bits per heavy atom. The van der Waals surface area contributed by atoms with Gasteiger partial charge in [-0.3, -0.25) is 9.78 Å². The number of ether oxygens (including phenoxy) is 1. The Morgan fingerprint density at radius 1 is 1.65 bits per heavy atom. The maximum atomic E-state index is 12.8. The first-order valence-electron chi connectivity index (χ1n) is 5.45. The number of amides is 1. The number of nitrogens with zero attached hydrogens (tertiary/aromatic N) is 1. The summed E-state index contributed by atoms with van der Waals surface area (Å²) in [5.74, 6) is -0.846. The SMILES string of the molecule is O=C(NCC1COCCN1)c1cncc(F)c1. The molecule has 1 aliphatic rings. The van der Waals surface area contributed by atoms with E-state index in [-0.39, 0.29) is 17.5 Å². The highest BCUT2D eigenvalue weighted by atomic mass is 19.1. The van der Waals surface area contributed by atoms with E-state index < -0.39 is 5.82 Å². The molecule has 1 aromatic rings. The van der Waals surface area contributed by atoms with Gasteiger partial charge in [0.25, 0.3) is 5.91 Å². The monoisotopic (exact) mass is 239 g/mol. The molecule has 0 spiro atoms. The Balaban J connectivity index is 1.84. The fraction of sp³-hybridized carbons (Fsp3) is 0.455. The van der Waals surface area contributed by atoms with Gasteiger partial charge in [0.15, 0.2) is 0 Å². The van der Waals surface area contributed by atoms with Gasteiger partial charge in [-0.05, 0) is 6.07 Å². The van der Waals surface area contributed by atoms with Crippen LogP contribution in [0.3, 0.4) is 0 Å². The van der Waals surface area contributed by atoms with Gasteiger partial charge in [-0.15, -0.1) is 0 Å². The maximum absolute atomic E-state index is 12.8. The van der Waals surface area contributed by atoms with Crippen molar-refractivity contribution < 1.29 is 13.9 Å². The van der Waals surface area contributed by atoms with Gasteiger partial charge in [-0.25, -0.2) is 4.39 Å². The molecule has 17 heavy (non-hydrogen) atoms. The second-order valence-corrected chi connectivity index (χ2v) is 3.83. The van der Waals surface area contributed by atoms with Crippen LogP contribution in [0.2, 0.25) is 0 Å². The molecule has 2 heterocycles. The van der Waals surface area contributed by atoms with Crippen molar-refractivity contribution >= 4 is 5.91 Å². The molecule has 92 valence electrons. The number of aromatic nitrogens is 1. The van der Waals surface area contributed by atoms with Crippen LogP contribution in [0.15, 0.2) is 18.5 Å². The zero-order chi connectivity index (χ0) is 12.1. The molecule has 2 N–H and O–H groups in total. The first-order valence-corrected chi connectivity index (χ1v) is 5.45. The fourth-order valence-corrected chi connectivity index (χ4v) is 1.60. The number of nitrogens with one attached hydrogen (secondary N) is 2. The number of pyridine rings is 1. The minimum atomic E-state index is -0.517. The lowest BCUT2D eigenvalue weighted by Crippen LogP contribution is -2.48. The molecular formula is C11H14FN3O2. The van der Waals surface area contributed by atoms with Crippen molar-refractivity contribution in [1.82, 2.24) is 15.6 Å². The summed E-state index contributed by atoms with van der Waals surface area (Å²) in [6.07, 6.45) is 2.40. The fourth-order valence-electron chi connectivity index (χ4n) is 1.60. The first kappa shape index (κ1) is 11.9. The van der Waals surface area contributed by atoms with E-state index in [0.717, 1.165) is 18.8 Å². The van der Waals surface area contributed by atoms with Crippen LogP contribution in [0.1, 0.15) is 10.4 Å². The van der Waals surface area contributed by atoms with E-state index in [0.29, 0.717) is 19.8 Å². The standard InChI is InChI=1S/C11H14FN3O2/c12-9-3-8(4-13-5-9)11(16)15-6-10-7-17-2-1-14-10/h3-5,10,14H,1-2,6-7H2,(H,15,16). The van der Waals surface area contributed by atoms with Gasteiger partial charge < -0.3 is 15.4 Å². The van der Waals surface area contributed by atoms with E-state index in [4.69, 9.17) is 4.74 Å². The average molecular weight is 239 g/mol. The van der Waals surface area contributed by atoms with E-state index in [2.05, 4.69) is 15.6 Å². The minimum Gasteiger partial charge on any atom is -0.378 e. The highest BCUT2D eigenvalue weighted by Crippen LogP contribution is 2.00. The molecule has 0 radical (unpaired) electrons. The van der Waals surface area contributed by atoms with Gasteiger partial charge in [0, 0.05) is 25.3 Å².